The number of pyridine rings is 1. The smallest absolute Gasteiger partial charge is 0.321 e. The van der Waals surface area contributed by atoms with Crippen molar-refractivity contribution < 1.29 is 4.79 Å². The highest BCUT2D eigenvalue weighted by atomic mass is 16.2. The van der Waals surface area contributed by atoms with Crippen LogP contribution >= 0.6 is 0 Å². The highest BCUT2D eigenvalue weighted by molar-refractivity contribution is 5.99. The van der Waals surface area contributed by atoms with Gasteiger partial charge in [0.1, 0.15) is 0 Å². The third-order valence-corrected chi connectivity index (χ3v) is 3.82. The Morgan fingerprint density at radius 2 is 2.20 bits per heavy atom. The summed E-state index contributed by atoms with van der Waals surface area (Å²) in [7, 11) is 0. The highest BCUT2D eigenvalue weighted by Crippen LogP contribution is 2.22. The van der Waals surface area contributed by atoms with Crippen molar-refractivity contribution in [2.75, 3.05) is 18.4 Å². The molecule has 4 heteroatoms. The first-order chi connectivity index (χ1) is 9.74. The molecule has 1 aromatic heterocycles. The number of carbonyl (C=O) groups excluding carboxylic acids is 1. The van der Waals surface area contributed by atoms with E-state index in [1.54, 1.807) is 6.20 Å². The van der Waals surface area contributed by atoms with Crippen LogP contribution in [-0.2, 0) is 0 Å². The van der Waals surface area contributed by atoms with Gasteiger partial charge in [0.2, 0.25) is 0 Å². The molecule has 0 saturated carbocycles. The van der Waals surface area contributed by atoms with Gasteiger partial charge in [0.05, 0.1) is 11.2 Å². The number of aromatic nitrogens is 1. The molecule has 2 heterocycles. The molecule has 1 aromatic carbocycles. The molecule has 1 aliphatic heterocycles. The molecule has 1 atom stereocenters. The predicted molar refractivity (Wildman–Crippen MR) is 80.7 cm³/mol. The second-order valence-electron chi connectivity index (χ2n) is 5.50. The zero-order valence-corrected chi connectivity index (χ0v) is 11.7. The van der Waals surface area contributed by atoms with Crippen LogP contribution in [0.1, 0.15) is 19.8 Å². The van der Waals surface area contributed by atoms with Gasteiger partial charge < -0.3 is 10.2 Å². The number of nitrogens with one attached hydrogen (secondary N) is 1. The van der Waals surface area contributed by atoms with E-state index in [0.717, 1.165) is 36.1 Å². The Labute approximate surface area is 118 Å². The SMILES string of the molecule is CC1CCCN(C(=O)Nc2cccc3cccnc23)C1. The molecule has 2 aromatic rings. The van der Waals surface area contributed by atoms with Gasteiger partial charge in [0.15, 0.2) is 0 Å². The van der Waals surface area contributed by atoms with E-state index in [9.17, 15) is 4.79 Å². The molecule has 1 N–H and O–H groups in total. The van der Waals surface area contributed by atoms with Crippen molar-refractivity contribution in [1.82, 2.24) is 9.88 Å². The fourth-order valence-corrected chi connectivity index (χ4v) is 2.77. The van der Waals surface area contributed by atoms with Crippen LogP contribution in [0.5, 0.6) is 0 Å². The van der Waals surface area contributed by atoms with E-state index in [2.05, 4.69) is 17.2 Å². The summed E-state index contributed by atoms with van der Waals surface area (Å²) < 4.78 is 0. The summed E-state index contributed by atoms with van der Waals surface area (Å²) in [5.41, 5.74) is 1.62. The molecule has 2 amide bonds. The number of anilines is 1. The quantitative estimate of drug-likeness (QED) is 0.861. The Morgan fingerprint density at radius 3 is 3.05 bits per heavy atom. The minimum atomic E-state index is -0.0188. The number of carbonyl (C=O) groups is 1. The van der Waals surface area contributed by atoms with Crippen LogP contribution in [0.2, 0.25) is 0 Å². The van der Waals surface area contributed by atoms with Crippen molar-refractivity contribution in [3.05, 3.63) is 36.5 Å². The standard InChI is InChI=1S/C16H19N3O/c1-12-5-4-10-19(11-12)16(20)18-14-8-2-6-13-7-3-9-17-15(13)14/h2-3,6-9,12H,4-5,10-11H2,1H3,(H,18,20). The first kappa shape index (κ1) is 12.9. The third kappa shape index (κ3) is 2.59. The summed E-state index contributed by atoms with van der Waals surface area (Å²) in [6.45, 7) is 3.87. The molecular formula is C16H19N3O. The number of benzene rings is 1. The van der Waals surface area contributed by atoms with Gasteiger partial charge in [0, 0.05) is 24.7 Å². The molecule has 1 saturated heterocycles. The van der Waals surface area contributed by atoms with Crippen molar-refractivity contribution in [2.24, 2.45) is 5.92 Å². The van der Waals surface area contributed by atoms with Crippen molar-refractivity contribution in [2.45, 2.75) is 19.8 Å². The number of fused-ring (bicyclic) bond motifs is 1. The van der Waals surface area contributed by atoms with Gasteiger partial charge in [-0.15, -0.1) is 0 Å². The van der Waals surface area contributed by atoms with Crippen LogP contribution in [0.3, 0.4) is 0 Å². The van der Waals surface area contributed by atoms with Gasteiger partial charge >= 0.3 is 6.03 Å². The minimum Gasteiger partial charge on any atom is -0.324 e. The lowest BCUT2D eigenvalue weighted by Gasteiger charge is -2.31. The number of piperidine rings is 1. The fraction of sp³-hybridized carbons (Fsp3) is 0.375. The first-order valence-corrected chi connectivity index (χ1v) is 7.14. The third-order valence-electron chi connectivity index (χ3n) is 3.82. The number of para-hydroxylation sites is 1. The van der Waals surface area contributed by atoms with Gasteiger partial charge in [-0.1, -0.05) is 25.1 Å². The molecule has 0 aliphatic carbocycles. The Bertz CT molecular complexity index is 621. The van der Waals surface area contributed by atoms with Crippen molar-refractivity contribution in [3.63, 3.8) is 0 Å². The molecule has 1 aliphatic rings. The van der Waals surface area contributed by atoms with Crippen LogP contribution < -0.4 is 5.32 Å². The van der Waals surface area contributed by atoms with E-state index >= 15 is 0 Å². The maximum absolute atomic E-state index is 12.3. The summed E-state index contributed by atoms with van der Waals surface area (Å²) in [6, 6.07) is 9.73. The zero-order valence-electron chi connectivity index (χ0n) is 11.7. The van der Waals surface area contributed by atoms with Gasteiger partial charge in [-0.3, -0.25) is 4.98 Å². The molecule has 0 radical (unpaired) electrons. The monoisotopic (exact) mass is 269 g/mol. The number of nitrogens with zero attached hydrogens (tertiary/aromatic N) is 2. The van der Waals surface area contributed by atoms with E-state index in [0.29, 0.717) is 5.92 Å². The highest BCUT2D eigenvalue weighted by Gasteiger charge is 2.21. The lowest BCUT2D eigenvalue weighted by molar-refractivity contribution is 0.182. The first-order valence-electron chi connectivity index (χ1n) is 7.14. The van der Waals surface area contributed by atoms with Crippen LogP contribution in [0.15, 0.2) is 36.5 Å². The number of rotatable bonds is 1. The van der Waals surface area contributed by atoms with E-state index in [4.69, 9.17) is 0 Å². The molecular weight excluding hydrogens is 250 g/mol. The van der Waals surface area contributed by atoms with Crippen LogP contribution in [0, 0.1) is 5.92 Å². The summed E-state index contributed by atoms with van der Waals surface area (Å²) in [6.07, 6.45) is 4.04. The number of likely N-dealkylation sites (tertiary alicyclic amines) is 1. The summed E-state index contributed by atoms with van der Waals surface area (Å²) in [4.78, 5) is 18.6. The lowest BCUT2D eigenvalue weighted by atomic mass is 10.0. The maximum atomic E-state index is 12.3. The molecule has 4 nitrogen and oxygen atoms in total. The Kier molecular flexibility index (Phi) is 3.54. The second kappa shape index (κ2) is 5.49. The van der Waals surface area contributed by atoms with E-state index in [1.807, 2.05) is 35.2 Å². The molecule has 0 spiro atoms. The van der Waals surface area contributed by atoms with Crippen LogP contribution in [0.25, 0.3) is 10.9 Å². The molecule has 0 bridgehead atoms. The normalized spacial score (nSPS) is 19.1. The van der Waals surface area contributed by atoms with Crippen molar-refractivity contribution in [3.8, 4) is 0 Å². The second-order valence-corrected chi connectivity index (χ2v) is 5.50. The number of hydrogen-bond donors (Lipinski definition) is 1. The summed E-state index contributed by atoms with van der Waals surface area (Å²) in [5, 5.41) is 4.04. The average molecular weight is 269 g/mol. The van der Waals surface area contributed by atoms with Gasteiger partial charge in [-0.25, -0.2) is 4.79 Å². The van der Waals surface area contributed by atoms with Crippen LogP contribution in [-0.4, -0.2) is 29.0 Å². The largest absolute Gasteiger partial charge is 0.324 e. The summed E-state index contributed by atoms with van der Waals surface area (Å²) >= 11 is 0. The Hall–Kier alpha value is -2.10. The number of urea groups is 1. The van der Waals surface area contributed by atoms with E-state index in [1.165, 1.54) is 6.42 Å². The topological polar surface area (TPSA) is 45.2 Å². The number of hydrogen-bond acceptors (Lipinski definition) is 2. The molecule has 1 unspecified atom stereocenters. The average Bonchev–Trinajstić information content (AvgIpc) is 2.47. The molecule has 104 valence electrons. The maximum Gasteiger partial charge on any atom is 0.321 e. The zero-order chi connectivity index (χ0) is 13.9. The summed E-state index contributed by atoms with van der Waals surface area (Å²) in [5.74, 6) is 0.583. The van der Waals surface area contributed by atoms with E-state index < -0.39 is 0 Å². The minimum absolute atomic E-state index is 0.0188. The Balaban J connectivity index is 1.80. The molecule has 3 rings (SSSR count). The van der Waals surface area contributed by atoms with E-state index in [-0.39, 0.29) is 6.03 Å². The predicted octanol–water partition coefficient (Wildman–Crippen LogP) is 3.50. The Morgan fingerprint density at radius 1 is 1.35 bits per heavy atom. The van der Waals surface area contributed by atoms with Gasteiger partial charge in [-0.2, -0.15) is 0 Å². The molecule has 20 heavy (non-hydrogen) atoms. The fourth-order valence-electron chi connectivity index (χ4n) is 2.77. The van der Waals surface area contributed by atoms with Crippen molar-refractivity contribution >= 4 is 22.6 Å². The van der Waals surface area contributed by atoms with Crippen LogP contribution in [0.4, 0.5) is 10.5 Å². The van der Waals surface area contributed by atoms with Gasteiger partial charge in [0.25, 0.3) is 0 Å². The molecule has 1 fully saturated rings. The lowest BCUT2D eigenvalue weighted by Crippen LogP contribution is -2.41. The van der Waals surface area contributed by atoms with Gasteiger partial charge in [-0.05, 0) is 30.9 Å². The number of amides is 2. The van der Waals surface area contributed by atoms with Crippen molar-refractivity contribution in [1.29, 1.82) is 0 Å².